The molecule has 0 amide bonds. The molecule has 2 rings (SSSR count). The van der Waals surface area contributed by atoms with Gasteiger partial charge in [0, 0.05) is 39.1 Å². The van der Waals surface area contributed by atoms with E-state index in [2.05, 4.69) is 58.8 Å². The molecule has 5 heteroatoms. The molecular formula is C17H25N5. The molecule has 0 aliphatic rings. The summed E-state index contributed by atoms with van der Waals surface area (Å²) >= 11 is 0. The topological polar surface area (TPSA) is 54.2 Å². The van der Waals surface area contributed by atoms with Crippen LogP contribution in [0.15, 0.2) is 47.7 Å². The van der Waals surface area contributed by atoms with Gasteiger partial charge in [-0.2, -0.15) is 5.10 Å². The molecule has 2 N–H and O–H groups in total. The normalized spacial score (nSPS) is 13.0. The van der Waals surface area contributed by atoms with E-state index in [9.17, 15) is 0 Å². The molecule has 0 bridgehead atoms. The van der Waals surface area contributed by atoms with Crippen molar-refractivity contribution in [2.24, 2.45) is 10.9 Å². The van der Waals surface area contributed by atoms with Crippen LogP contribution in [0.2, 0.25) is 0 Å². The third-order valence-electron chi connectivity index (χ3n) is 3.44. The zero-order valence-corrected chi connectivity index (χ0v) is 13.6. The Balaban J connectivity index is 1.75. The van der Waals surface area contributed by atoms with Gasteiger partial charge in [-0.1, -0.05) is 36.8 Å². The Morgan fingerprint density at radius 3 is 2.86 bits per heavy atom. The summed E-state index contributed by atoms with van der Waals surface area (Å²) in [5.41, 5.74) is 2.53. The van der Waals surface area contributed by atoms with Gasteiger partial charge in [-0.3, -0.25) is 9.67 Å². The van der Waals surface area contributed by atoms with Crippen molar-refractivity contribution in [3.05, 3.63) is 53.9 Å². The lowest BCUT2D eigenvalue weighted by Gasteiger charge is -2.16. The molecule has 22 heavy (non-hydrogen) atoms. The standard InChI is InChI=1S/C17H25N5/c1-14-6-4-7-16(10-14)12-20-17(18-3)19-11-15(2)13-22-9-5-8-21-22/h4-10,15H,11-13H2,1-3H3,(H2,18,19,20). The Morgan fingerprint density at radius 1 is 1.32 bits per heavy atom. The molecular weight excluding hydrogens is 274 g/mol. The molecule has 0 saturated carbocycles. The number of nitrogens with one attached hydrogen (secondary N) is 2. The number of aromatic nitrogens is 2. The number of hydrogen-bond donors (Lipinski definition) is 2. The van der Waals surface area contributed by atoms with Crippen LogP contribution in [0.3, 0.4) is 0 Å². The fraction of sp³-hybridized carbons (Fsp3) is 0.412. The van der Waals surface area contributed by atoms with Crippen LogP contribution in [-0.4, -0.2) is 29.3 Å². The second-order valence-electron chi connectivity index (χ2n) is 5.63. The summed E-state index contributed by atoms with van der Waals surface area (Å²) in [4.78, 5) is 4.27. The number of hydrogen-bond acceptors (Lipinski definition) is 2. The van der Waals surface area contributed by atoms with Gasteiger partial charge in [-0.25, -0.2) is 0 Å². The van der Waals surface area contributed by atoms with Crippen LogP contribution in [0.1, 0.15) is 18.1 Å². The maximum absolute atomic E-state index is 4.27. The second kappa shape index (κ2) is 8.22. The lowest BCUT2D eigenvalue weighted by molar-refractivity contribution is 0.443. The molecule has 1 aromatic heterocycles. The van der Waals surface area contributed by atoms with Gasteiger partial charge in [0.2, 0.25) is 0 Å². The van der Waals surface area contributed by atoms with Crippen LogP contribution >= 0.6 is 0 Å². The van der Waals surface area contributed by atoms with Crippen molar-refractivity contribution < 1.29 is 0 Å². The quantitative estimate of drug-likeness (QED) is 0.635. The van der Waals surface area contributed by atoms with E-state index in [-0.39, 0.29) is 0 Å². The van der Waals surface area contributed by atoms with Crippen LogP contribution in [0.5, 0.6) is 0 Å². The Bertz CT molecular complexity index is 589. The number of aryl methyl sites for hydroxylation is 1. The number of aliphatic imine (C=N–C) groups is 1. The summed E-state index contributed by atoms with van der Waals surface area (Å²) in [6.45, 7) is 6.83. The average Bonchev–Trinajstić information content (AvgIpc) is 3.00. The van der Waals surface area contributed by atoms with Crippen molar-refractivity contribution in [3.8, 4) is 0 Å². The molecule has 1 aromatic carbocycles. The van der Waals surface area contributed by atoms with E-state index in [0.29, 0.717) is 5.92 Å². The Morgan fingerprint density at radius 2 is 2.18 bits per heavy atom. The van der Waals surface area contributed by atoms with Gasteiger partial charge < -0.3 is 10.6 Å². The molecule has 118 valence electrons. The molecule has 2 aromatic rings. The first-order chi connectivity index (χ1) is 10.7. The minimum atomic E-state index is 0.470. The van der Waals surface area contributed by atoms with E-state index in [0.717, 1.165) is 25.6 Å². The van der Waals surface area contributed by atoms with Crippen LogP contribution in [0.4, 0.5) is 0 Å². The zero-order valence-electron chi connectivity index (χ0n) is 13.6. The first kappa shape index (κ1) is 16.1. The van der Waals surface area contributed by atoms with Crippen LogP contribution in [-0.2, 0) is 13.1 Å². The van der Waals surface area contributed by atoms with Gasteiger partial charge in [-0.15, -0.1) is 0 Å². The maximum Gasteiger partial charge on any atom is 0.191 e. The lowest BCUT2D eigenvalue weighted by Crippen LogP contribution is -2.39. The van der Waals surface area contributed by atoms with E-state index in [1.54, 1.807) is 7.05 Å². The minimum Gasteiger partial charge on any atom is -0.356 e. The maximum atomic E-state index is 4.27. The Hall–Kier alpha value is -2.30. The highest BCUT2D eigenvalue weighted by atomic mass is 15.3. The molecule has 1 atom stereocenters. The summed E-state index contributed by atoms with van der Waals surface area (Å²) in [5, 5.41) is 10.9. The minimum absolute atomic E-state index is 0.470. The zero-order chi connectivity index (χ0) is 15.8. The number of nitrogens with zero attached hydrogens (tertiary/aromatic N) is 3. The van der Waals surface area contributed by atoms with Gasteiger partial charge in [0.15, 0.2) is 5.96 Å². The van der Waals surface area contributed by atoms with Crippen molar-refractivity contribution >= 4 is 5.96 Å². The van der Waals surface area contributed by atoms with E-state index >= 15 is 0 Å². The smallest absolute Gasteiger partial charge is 0.191 e. The fourth-order valence-corrected chi connectivity index (χ4v) is 2.29. The first-order valence-corrected chi connectivity index (χ1v) is 7.65. The van der Waals surface area contributed by atoms with E-state index in [4.69, 9.17) is 0 Å². The SMILES string of the molecule is CN=C(NCc1cccc(C)c1)NCC(C)Cn1cccn1. The Kier molecular flexibility index (Phi) is 6.01. The number of rotatable bonds is 6. The van der Waals surface area contributed by atoms with Crippen LogP contribution in [0, 0.1) is 12.8 Å². The highest BCUT2D eigenvalue weighted by molar-refractivity contribution is 5.79. The van der Waals surface area contributed by atoms with E-state index in [1.165, 1.54) is 11.1 Å². The van der Waals surface area contributed by atoms with Gasteiger partial charge in [0.1, 0.15) is 0 Å². The Labute approximate surface area is 132 Å². The largest absolute Gasteiger partial charge is 0.356 e. The van der Waals surface area contributed by atoms with E-state index < -0.39 is 0 Å². The molecule has 1 unspecified atom stereocenters. The van der Waals surface area contributed by atoms with Gasteiger partial charge in [0.25, 0.3) is 0 Å². The highest BCUT2D eigenvalue weighted by Crippen LogP contribution is 2.03. The van der Waals surface area contributed by atoms with Gasteiger partial charge in [0.05, 0.1) is 0 Å². The van der Waals surface area contributed by atoms with Crippen LogP contribution < -0.4 is 10.6 Å². The number of benzene rings is 1. The molecule has 0 fully saturated rings. The lowest BCUT2D eigenvalue weighted by atomic mass is 10.1. The van der Waals surface area contributed by atoms with Crippen molar-refractivity contribution in [3.63, 3.8) is 0 Å². The van der Waals surface area contributed by atoms with Crippen molar-refractivity contribution in [2.45, 2.75) is 26.9 Å². The molecule has 0 aliphatic carbocycles. The summed E-state index contributed by atoms with van der Waals surface area (Å²) in [5.74, 6) is 1.30. The van der Waals surface area contributed by atoms with Crippen molar-refractivity contribution in [2.75, 3.05) is 13.6 Å². The molecule has 1 heterocycles. The molecule has 5 nitrogen and oxygen atoms in total. The summed E-state index contributed by atoms with van der Waals surface area (Å²) in [7, 11) is 1.80. The van der Waals surface area contributed by atoms with Crippen LogP contribution in [0.25, 0.3) is 0 Å². The third-order valence-corrected chi connectivity index (χ3v) is 3.44. The van der Waals surface area contributed by atoms with E-state index in [1.807, 2.05) is 23.1 Å². The highest BCUT2D eigenvalue weighted by Gasteiger charge is 2.05. The molecule has 0 aliphatic heterocycles. The van der Waals surface area contributed by atoms with Gasteiger partial charge in [-0.05, 0) is 24.5 Å². The third kappa shape index (κ3) is 5.24. The summed E-state index contributed by atoms with van der Waals surface area (Å²) in [6.07, 6.45) is 3.80. The average molecular weight is 299 g/mol. The molecule has 0 saturated heterocycles. The fourth-order valence-electron chi connectivity index (χ4n) is 2.29. The van der Waals surface area contributed by atoms with Crippen molar-refractivity contribution in [1.29, 1.82) is 0 Å². The van der Waals surface area contributed by atoms with Crippen molar-refractivity contribution in [1.82, 2.24) is 20.4 Å². The number of guanidine groups is 1. The first-order valence-electron chi connectivity index (χ1n) is 7.65. The molecule has 0 spiro atoms. The molecule has 0 radical (unpaired) electrons. The summed E-state index contributed by atoms with van der Waals surface area (Å²) < 4.78 is 1.95. The summed E-state index contributed by atoms with van der Waals surface area (Å²) in [6, 6.07) is 10.4. The monoisotopic (exact) mass is 299 g/mol. The predicted molar refractivity (Wildman–Crippen MR) is 90.8 cm³/mol. The van der Waals surface area contributed by atoms with Gasteiger partial charge >= 0.3 is 0 Å². The predicted octanol–water partition coefficient (Wildman–Crippen LogP) is 2.19. The second-order valence-corrected chi connectivity index (χ2v) is 5.63.